The number of carbonyl (C=O) groups is 1. The van der Waals surface area contributed by atoms with Crippen molar-refractivity contribution in [2.24, 2.45) is 5.41 Å². The lowest BCUT2D eigenvalue weighted by molar-refractivity contribution is -0.156. The first-order valence-corrected chi connectivity index (χ1v) is 3.49. The van der Waals surface area contributed by atoms with E-state index in [0.29, 0.717) is 6.42 Å². The minimum Gasteiger partial charge on any atom is -0.479 e. The fourth-order valence-corrected chi connectivity index (χ4v) is 0.690. The summed E-state index contributed by atoms with van der Waals surface area (Å²) in [7, 11) is 0. The van der Waals surface area contributed by atoms with Crippen LogP contribution in [0.4, 0.5) is 0 Å². The van der Waals surface area contributed by atoms with Crippen molar-refractivity contribution in [3.63, 3.8) is 0 Å². The zero-order valence-corrected chi connectivity index (χ0v) is 6.74. The van der Waals surface area contributed by atoms with Gasteiger partial charge in [0.25, 0.3) is 0 Å². The van der Waals surface area contributed by atoms with Crippen LogP contribution in [0.5, 0.6) is 0 Å². The average Bonchev–Trinajstić information content (AvgIpc) is 2.01. The SMILES string of the molecule is CCC(C)(CO)C(O)C(=O)O. The summed E-state index contributed by atoms with van der Waals surface area (Å²) >= 11 is 0. The van der Waals surface area contributed by atoms with Crippen LogP contribution >= 0.6 is 0 Å². The standard InChI is InChI=1S/C7H14O4/c1-3-7(2,4-8)5(9)6(10)11/h5,8-9H,3-4H2,1-2H3,(H,10,11). The maximum atomic E-state index is 10.3. The molecule has 3 N–H and O–H groups in total. The largest absolute Gasteiger partial charge is 0.479 e. The molecule has 0 saturated heterocycles. The van der Waals surface area contributed by atoms with Crippen molar-refractivity contribution in [3.8, 4) is 0 Å². The number of hydrogen-bond acceptors (Lipinski definition) is 3. The van der Waals surface area contributed by atoms with Crippen molar-refractivity contribution in [3.05, 3.63) is 0 Å². The molecule has 0 radical (unpaired) electrons. The van der Waals surface area contributed by atoms with Crippen LogP contribution in [0, 0.1) is 5.41 Å². The van der Waals surface area contributed by atoms with Crippen molar-refractivity contribution >= 4 is 5.97 Å². The molecule has 11 heavy (non-hydrogen) atoms. The second-order valence-electron chi connectivity index (χ2n) is 2.91. The summed E-state index contributed by atoms with van der Waals surface area (Å²) in [6.45, 7) is 2.94. The zero-order chi connectivity index (χ0) is 9.07. The monoisotopic (exact) mass is 162 g/mol. The van der Waals surface area contributed by atoms with Gasteiger partial charge in [-0.05, 0) is 6.42 Å². The predicted octanol–water partition coefficient (Wildman–Crippen LogP) is -0.160. The third kappa shape index (κ3) is 2.17. The van der Waals surface area contributed by atoms with Crippen LogP contribution in [0.2, 0.25) is 0 Å². The van der Waals surface area contributed by atoms with Gasteiger partial charge in [-0.2, -0.15) is 0 Å². The van der Waals surface area contributed by atoms with Gasteiger partial charge >= 0.3 is 5.97 Å². The molecule has 2 unspecified atom stereocenters. The molecule has 66 valence electrons. The minimum atomic E-state index is -1.49. The van der Waals surface area contributed by atoms with Crippen molar-refractivity contribution in [1.29, 1.82) is 0 Å². The Bertz CT molecular complexity index is 139. The van der Waals surface area contributed by atoms with Crippen molar-refractivity contribution in [2.45, 2.75) is 26.4 Å². The van der Waals surface area contributed by atoms with Crippen LogP contribution in [0.25, 0.3) is 0 Å². The molecular formula is C7H14O4. The van der Waals surface area contributed by atoms with E-state index in [9.17, 15) is 4.79 Å². The van der Waals surface area contributed by atoms with Gasteiger partial charge in [-0.25, -0.2) is 4.79 Å². The van der Waals surface area contributed by atoms with Gasteiger partial charge in [-0.1, -0.05) is 13.8 Å². The van der Waals surface area contributed by atoms with E-state index in [1.807, 2.05) is 0 Å². The number of rotatable bonds is 4. The molecule has 0 amide bonds. The van der Waals surface area contributed by atoms with Crippen molar-refractivity contribution in [2.75, 3.05) is 6.61 Å². The number of hydrogen-bond donors (Lipinski definition) is 3. The van der Waals surface area contributed by atoms with E-state index in [0.717, 1.165) is 0 Å². The van der Waals surface area contributed by atoms with E-state index >= 15 is 0 Å². The molecule has 2 atom stereocenters. The van der Waals surface area contributed by atoms with Gasteiger partial charge in [-0.3, -0.25) is 0 Å². The lowest BCUT2D eigenvalue weighted by atomic mass is 9.82. The van der Waals surface area contributed by atoms with Crippen LogP contribution in [-0.4, -0.2) is 34.0 Å². The minimum absolute atomic E-state index is 0.322. The summed E-state index contributed by atoms with van der Waals surface area (Å²) in [5, 5.41) is 26.3. The molecule has 0 saturated carbocycles. The number of aliphatic hydroxyl groups excluding tert-OH is 2. The lowest BCUT2D eigenvalue weighted by Crippen LogP contribution is -2.40. The summed E-state index contributed by atoms with van der Waals surface area (Å²) in [5.41, 5.74) is -0.925. The van der Waals surface area contributed by atoms with Gasteiger partial charge in [0.05, 0.1) is 6.61 Å². The highest BCUT2D eigenvalue weighted by Gasteiger charge is 2.35. The summed E-state index contributed by atoms with van der Waals surface area (Å²) in [4.78, 5) is 10.3. The molecule has 0 spiro atoms. The Hall–Kier alpha value is -0.610. The Balaban J connectivity index is 4.36. The van der Waals surface area contributed by atoms with Crippen LogP contribution in [0.3, 0.4) is 0 Å². The Labute approximate surface area is 65.5 Å². The molecule has 4 nitrogen and oxygen atoms in total. The van der Waals surface area contributed by atoms with E-state index in [-0.39, 0.29) is 6.61 Å². The molecule has 0 aromatic heterocycles. The summed E-state index contributed by atoms with van der Waals surface area (Å²) < 4.78 is 0. The summed E-state index contributed by atoms with van der Waals surface area (Å²) in [5.74, 6) is -1.29. The smallest absolute Gasteiger partial charge is 0.333 e. The first-order chi connectivity index (χ1) is 4.98. The molecule has 0 fully saturated rings. The highest BCUT2D eigenvalue weighted by molar-refractivity contribution is 5.73. The van der Waals surface area contributed by atoms with E-state index in [1.54, 1.807) is 6.92 Å². The molecule has 4 heteroatoms. The van der Waals surface area contributed by atoms with Gasteiger partial charge in [-0.15, -0.1) is 0 Å². The van der Waals surface area contributed by atoms with Crippen LogP contribution in [0.1, 0.15) is 20.3 Å². The molecule has 0 aliphatic rings. The van der Waals surface area contributed by atoms with Gasteiger partial charge in [0.1, 0.15) is 0 Å². The third-order valence-corrected chi connectivity index (χ3v) is 2.06. The van der Waals surface area contributed by atoms with Crippen LogP contribution < -0.4 is 0 Å². The quantitative estimate of drug-likeness (QED) is 0.536. The Morgan fingerprint density at radius 2 is 2.09 bits per heavy atom. The number of aliphatic carboxylic acids is 1. The second kappa shape index (κ2) is 3.69. The normalized spacial score (nSPS) is 18.9. The fraction of sp³-hybridized carbons (Fsp3) is 0.857. The lowest BCUT2D eigenvalue weighted by Gasteiger charge is -2.28. The molecular weight excluding hydrogens is 148 g/mol. The topological polar surface area (TPSA) is 77.8 Å². The summed E-state index contributed by atoms with van der Waals surface area (Å²) in [6.07, 6.45) is -1.06. The molecule has 0 rings (SSSR count). The zero-order valence-electron chi connectivity index (χ0n) is 6.74. The van der Waals surface area contributed by atoms with Gasteiger partial charge in [0.15, 0.2) is 6.10 Å². The molecule has 0 aliphatic carbocycles. The number of carboxylic acids is 1. The first-order valence-electron chi connectivity index (χ1n) is 3.49. The summed E-state index contributed by atoms with van der Waals surface area (Å²) in [6, 6.07) is 0. The first kappa shape index (κ1) is 10.4. The number of aliphatic hydroxyl groups is 2. The maximum Gasteiger partial charge on any atom is 0.333 e. The van der Waals surface area contributed by atoms with E-state index in [2.05, 4.69) is 0 Å². The highest BCUT2D eigenvalue weighted by Crippen LogP contribution is 2.24. The van der Waals surface area contributed by atoms with Gasteiger partial charge in [0, 0.05) is 5.41 Å². The molecule has 0 bridgehead atoms. The predicted molar refractivity (Wildman–Crippen MR) is 39.1 cm³/mol. The van der Waals surface area contributed by atoms with Crippen molar-refractivity contribution in [1.82, 2.24) is 0 Å². The van der Waals surface area contributed by atoms with Crippen LogP contribution in [0.15, 0.2) is 0 Å². The fourth-order valence-electron chi connectivity index (χ4n) is 0.690. The second-order valence-corrected chi connectivity index (χ2v) is 2.91. The van der Waals surface area contributed by atoms with Crippen molar-refractivity contribution < 1.29 is 20.1 Å². The Morgan fingerprint density at radius 3 is 2.18 bits per heavy atom. The van der Waals surface area contributed by atoms with Crippen LogP contribution in [-0.2, 0) is 4.79 Å². The maximum absolute atomic E-state index is 10.3. The van der Waals surface area contributed by atoms with Gasteiger partial charge in [0.2, 0.25) is 0 Å². The highest BCUT2D eigenvalue weighted by atomic mass is 16.4. The Morgan fingerprint density at radius 1 is 1.64 bits per heavy atom. The Kier molecular flexibility index (Phi) is 3.48. The van der Waals surface area contributed by atoms with E-state index in [4.69, 9.17) is 15.3 Å². The average molecular weight is 162 g/mol. The molecule has 0 aliphatic heterocycles. The molecule has 0 aromatic carbocycles. The van der Waals surface area contributed by atoms with Gasteiger partial charge < -0.3 is 15.3 Å². The van der Waals surface area contributed by atoms with E-state index < -0.39 is 17.5 Å². The number of carboxylic acid groups (broad SMARTS) is 1. The van der Waals surface area contributed by atoms with E-state index in [1.165, 1.54) is 6.92 Å². The molecule has 0 heterocycles. The molecule has 0 aromatic rings. The third-order valence-electron chi connectivity index (χ3n) is 2.06.